The summed E-state index contributed by atoms with van der Waals surface area (Å²) in [6.45, 7) is 1.36. The first-order valence-corrected chi connectivity index (χ1v) is 5.40. The minimum Gasteiger partial charge on any atom is -0.392 e. The molecule has 0 unspecified atom stereocenters. The maximum Gasteiger partial charge on any atom is 0.188 e. The second kappa shape index (κ2) is 5.51. The summed E-state index contributed by atoms with van der Waals surface area (Å²) in [4.78, 5) is 1.43. The third kappa shape index (κ3) is 3.33. The molecule has 1 aromatic carbocycles. The van der Waals surface area contributed by atoms with Crippen molar-refractivity contribution in [2.45, 2.75) is 19.7 Å². The molecule has 6 heteroatoms. The van der Waals surface area contributed by atoms with Gasteiger partial charge in [0, 0.05) is 6.54 Å². The normalized spacial score (nSPS) is 10.7. The van der Waals surface area contributed by atoms with Crippen molar-refractivity contribution in [2.75, 3.05) is 0 Å². The van der Waals surface area contributed by atoms with E-state index in [9.17, 15) is 0 Å². The molecule has 0 aliphatic carbocycles. The van der Waals surface area contributed by atoms with Crippen LogP contribution in [0.3, 0.4) is 0 Å². The number of rotatable bonds is 5. The molecule has 1 heterocycles. The van der Waals surface area contributed by atoms with E-state index < -0.39 is 0 Å². The number of hydrogen-bond acceptors (Lipinski definition) is 5. The van der Waals surface area contributed by atoms with E-state index in [0.717, 1.165) is 11.1 Å². The number of aromatic nitrogens is 4. The first-order chi connectivity index (χ1) is 8.28. The van der Waals surface area contributed by atoms with Crippen LogP contribution in [0.2, 0.25) is 0 Å². The molecule has 2 N–H and O–H groups in total. The highest BCUT2D eigenvalue weighted by Crippen LogP contribution is 2.04. The van der Waals surface area contributed by atoms with Crippen molar-refractivity contribution in [3.63, 3.8) is 0 Å². The number of aliphatic hydroxyl groups excluding tert-OH is 1. The maximum atomic E-state index is 9.02. The van der Waals surface area contributed by atoms with Crippen molar-refractivity contribution < 1.29 is 5.11 Å². The Balaban J connectivity index is 1.85. The van der Waals surface area contributed by atoms with E-state index in [0.29, 0.717) is 18.9 Å². The molecule has 0 bridgehead atoms. The monoisotopic (exact) mass is 233 g/mol. The average molecular weight is 233 g/mol. The Morgan fingerprint density at radius 1 is 1.29 bits per heavy atom. The van der Waals surface area contributed by atoms with Gasteiger partial charge in [0.15, 0.2) is 5.82 Å². The number of hydrogen-bond donors (Lipinski definition) is 2. The first kappa shape index (κ1) is 11.7. The molecular formula is C11H15N5O. The van der Waals surface area contributed by atoms with Crippen LogP contribution < -0.4 is 5.32 Å². The fourth-order valence-electron chi connectivity index (χ4n) is 1.55. The van der Waals surface area contributed by atoms with Crippen LogP contribution in [-0.4, -0.2) is 25.3 Å². The van der Waals surface area contributed by atoms with Gasteiger partial charge in [0.25, 0.3) is 0 Å². The van der Waals surface area contributed by atoms with Gasteiger partial charge in [0.1, 0.15) is 0 Å². The number of aliphatic hydroxyl groups is 1. The van der Waals surface area contributed by atoms with Crippen molar-refractivity contribution in [1.82, 2.24) is 25.5 Å². The van der Waals surface area contributed by atoms with Gasteiger partial charge >= 0.3 is 0 Å². The lowest BCUT2D eigenvalue weighted by Crippen LogP contribution is -2.14. The smallest absolute Gasteiger partial charge is 0.188 e. The lowest BCUT2D eigenvalue weighted by atomic mass is 10.1. The minimum atomic E-state index is 0.0690. The highest BCUT2D eigenvalue weighted by atomic mass is 16.3. The van der Waals surface area contributed by atoms with Crippen LogP contribution in [0.1, 0.15) is 17.0 Å². The Kier molecular flexibility index (Phi) is 3.79. The lowest BCUT2D eigenvalue weighted by Gasteiger charge is -2.04. The van der Waals surface area contributed by atoms with Crippen LogP contribution in [0.4, 0.5) is 0 Å². The Bertz CT molecular complexity index is 482. The van der Waals surface area contributed by atoms with E-state index in [-0.39, 0.29) is 6.61 Å². The van der Waals surface area contributed by atoms with E-state index >= 15 is 0 Å². The molecule has 0 radical (unpaired) electrons. The van der Waals surface area contributed by atoms with Crippen LogP contribution in [0.15, 0.2) is 24.3 Å². The number of nitrogens with one attached hydrogen (secondary N) is 1. The topological polar surface area (TPSA) is 75.9 Å². The molecule has 0 saturated heterocycles. The predicted octanol–water partition coefficient (Wildman–Crippen LogP) is -0.00780. The number of aryl methyl sites for hydroxylation is 1. The van der Waals surface area contributed by atoms with Crippen LogP contribution in [0.5, 0.6) is 0 Å². The third-order valence-electron chi connectivity index (χ3n) is 2.34. The standard InChI is InChI=1S/C11H15N5O/c1-16-14-11(13-15-16)7-12-6-9-3-2-4-10(5-9)8-17/h2-5,12,17H,6-8H2,1H3. The highest BCUT2D eigenvalue weighted by molar-refractivity contribution is 5.22. The van der Waals surface area contributed by atoms with Crippen molar-refractivity contribution in [3.05, 3.63) is 41.2 Å². The van der Waals surface area contributed by atoms with Crippen molar-refractivity contribution in [2.24, 2.45) is 7.05 Å². The third-order valence-corrected chi connectivity index (χ3v) is 2.34. The quantitative estimate of drug-likeness (QED) is 0.759. The summed E-state index contributed by atoms with van der Waals surface area (Å²) in [5, 5.41) is 23.9. The summed E-state index contributed by atoms with van der Waals surface area (Å²) in [7, 11) is 1.74. The summed E-state index contributed by atoms with van der Waals surface area (Å²) < 4.78 is 0. The maximum absolute atomic E-state index is 9.02. The Morgan fingerprint density at radius 2 is 2.12 bits per heavy atom. The molecule has 0 aliphatic rings. The molecule has 17 heavy (non-hydrogen) atoms. The second-order valence-electron chi connectivity index (χ2n) is 3.78. The molecule has 2 rings (SSSR count). The van der Waals surface area contributed by atoms with Gasteiger partial charge in [-0.3, -0.25) is 0 Å². The molecule has 1 aromatic heterocycles. The summed E-state index contributed by atoms with van der Waals surface area (Å²) in [6, 6.07) is 7.81. The molecular weight excluding hydrogens is 218 g/mol. The van der Waals surface area contributed by atoms with Crippen LogP contribution >= 0.6 is 0 Å². The summed E-state index contributed by atoms with van der Waals surface area (Å²) in [6.07, 6.45) is 0. The molecule has 0 atom stereocenters. The molecule has 0 amide bonds. The Morgan fingerprint density at radius 3 is 2.82 bits per heavy atom. The Hall–Kier alpha value is -1.79. The molecule has 2 aromatic rings. The summed E-state index contributed by atoms with van der Waals surface area (Å²) in [5.41, 5.74) is 2.04. The summed E-state index contributed by atoms with van der Waals surface area (Å²) in [5.74, 6) is 0.672. The van der Waals surface area contributed by atoms with Gasteiger partial charge in [-0.15, -0.1) is 10.2 Å². The SMILES string of the molecule is Cn1nnc(CNCc2cccc(CO)c2)n1. The zero-order chi connectivity index (χ0) is 12.1. The van der Waals surface area contributed by atoms with E-state index in [1.807, 2.05) is 24.3 Å². The van der Waals surface area contributed by atoms with Crippen molar-refractivity contribution in [1.29, 1.82) is 0 Å². The Labute approximate surface area is 99.3 Å². The zero-order valence-electron chi connectivity index (χ0n) is 9.67. The number of tetrazole rings is 1. The van der Waals surface area contributed by atoms with Crippen molar-refractivity contribution in [3.8, 4) is 0 Å². The molecule has 0 fully saturated rings. The van der Waals surface area contributed by atoms with E-state index in [4.69, 9.17) is 5.11 Å². The van der Waals surface area contributed by atoms with Gasteiger partial charge in [0.2, 0.25) is 0 Å². The van der Waals surface area contributed by atoms with E-state index in [1.54, 1.807) is 7.05 Å². The molecule has 0 saturated carbocycles. The summed E-state index contributed by atoms with van der Waals surface area (Å²) >= 11 is 0. The largest absolute Gasteiger partial charge is 0.392 e. The minimum absolute atomic E-state index is 0.0690. The van der Waals surface area contributed by atoms with Gasteiger partial charge in [-0.25, -0.2) is 0 Å². The van der Waals surface area contributed by atoms with E-state index in [2.05, 4.69) is 20.7 Å². The van der Waals surface area contributed by atoms with Gasteiger partial charge in [-0.1, -0.05) is 24.3 Å². The van der Waals surface area contributed by atoms with Gasteiger partial charge in [-0.2, -0.15) is 4.80 Å². The fraction of sp³-hybridized carbons (Fsp3) is 0.364. The van der Waals surface area contributed by atoms with Gasteiger partial charge in [-0.05, 0) is 16.3 Å². The molecule has 0 spiro atoms. The molecule has 6 nitrogen and oxygen atoms in total. The molecule has 0 aliphatic heterocycles. The zero-order valence-corrected chi connectivity index (χ0v) is 9.67. The lowest BCUT2D eigenvalue weighted by molar-refractivity contribution is 0.281. The van der Waals surface area contributed by atoms with Crippen LogP contribution in [-0.2, 0) is 26.7 Å². The fourth-order valence-corrected chi connectivity index (χ4v) is 1.55. The predicted molar refractivity (Wildman–Crippen MR) is 61.7 cm³/mol. The van der Waals surface area contributed by atoms with Gasteiger partial charge < -0.3 is 10.4 Å². The van der Waals surface area contributed by atoms with Crippen molar-refractivity contribution >= 4 is 0 Å². The van der Waals surface area contributed by atoms with E-state index in [1.165, 1.54) is 4.80 Å². The molecule has 90 valence electrons. The average Bonchev–Trinajstić information content (AvgIpc) is 2.75. The number of benzene rings is 1. The van der Waals surface area contributed by atoms with Crippen LogP contribution in [0.25, 0.3) is 0 Å². The second-order valence-corrected chi connectivity index (χ2v) is 3.78. The van der Waals surface area contributed by atoms with Gasteiger partial charge in [0.05, 0.1) is 20.2 Å². The number of nitrogens with zero attached hydrogens (tertiary/aromatic N) is 4. The highest BCUT2D eigenvalue weighted by Gasteiger charge is 2.00. The van der Waals surface area contributed by atoms with Crippen LogP contribution in [0, 0.1) is 0 Å². The first-order valence-electron chi connectivity index (χ1n) is 5.40.